The maximum absolute atomic E-state index is 6.38. The molecule has 2 atom stereocenters. The highest BCUT2D eigenvalue weighted by Gasteiger charge is 2.37. The van der Waals surface area contributed by atoms with Crippen molar-refractivity contribution < 1.29 is 0 Å². The third-order valence-corrected chi connectivity index (χ3v) is 4.98. The Hall–Kier alpha value is -1.13. The van der Waals surface area contributed by atoms with Gasteiger partial charge in [-0.1, -0.05) is 0 Å². The zero-order chi connectivity index (χ0) is 13.7. The summed E-state index contributed by atoms with van der Waals surface area (Å²) in [5.74, 6) is 1.72. The highest BCUT2D eigenvalue weighted by atomic mass is 35.5. The molecule has 2 bridgehead atoms. The van der Waals surface area contributed by atoms with Crippen molar-refractivity contribution in [2.24, 2.45) is 5.92 Å². The van der Waals surface area contributed by atoms with Crippen LogP contribution in [0.1, 0.15) is 37.0 Å². The Bertz CT molecular complexity index is 628. The van der Waals surface area contributed by atoms with E-state index in [4.69, 9.17) is 16.6 Å². The molecule has 3 saturated heterocycles. The van der Waals surface area contributed by atoms with Gasteiger partial charge in [-0.2, -0.15) is 0 Å². The van der Waals surface area contributed by atoms with E-state index in [0.717, 1.165) is 29.5 Å². The van der Waals surface area contributed by atoms with Crippen LogP contribution in [0.25, 0.3) is 11.2 Å². The third-order valence-electron chi connectivity index (χ3n) is 4.79. The predicted molar refractivity (Wildman–Crippen MR) is 80.0 cm³/mol. The first-order chi connectivity index (χ1) is 9.74. The number of imidazole rings is 1. The normalized spacial score (nSPS) is 30.8. The van der Waals surface area contributed by atoms with Crippen molar-refractivity contribution in [3.63, 3.8) is 0 Å². The minimum atomic E-state index is -0.0837. The maximum Gasteiger partial charge on any atom is 0.160 e. The molecule has 5 heteroatoms. The quantitative estimate of drug-likeness (QED) is 0.798. The fraction of sp³-hybridized carbons (Fsp3) is 0.600. The lowest BCUT2D eigenvalue weighted by atomic mass is 9.84. The molecule has 0 aromatic carbocycles. The van der Waals surface area contributed by atoms with Gasteiger partial charge in [-0.3, -0.25) is 0 Å². The highest BCUT2D eigenvalue weighted by Crippen LogP contribution is 2.39. The van der Waals surface area contributed by atoms with Crippen molar-refractivity contribution in [3.05, 3.63) is 24.2 Å². The lowest BCUT2D eigenvalue weighted by Gasteiger charge is -2.45. The van der Waals surface area contributed by atoms with Crippen LogP contribution < -0.4 is 0 Å². The Morgan fingerprint density at radius 1 is 1.35 bits per heavy atom. The zero-order valence-electron chi connectivity index (χ0n) is 11.7. The summed E-state index contributed by atoms with van der Waals surface area (Å²) >= 11 is 6.38. The molecule has 0 saturated carbocycles. The second kappa shape index (κ2) is 4.71. The number of alkyl halides is 1. The van der Waals surface area contributed by atoms with E-state index in [0.29, 0.717) is 6.04 Å². The molecule has 0 amide bonds. The number of nitrogens with zero attached hydrogens (tertiary/aromatic N) is 4. The summed E-state index contributed by atoms with van der Waals surface area (Å²) < 4.78 is 2.32. The highest BCUT2D eigenvalue weighted by molar-refractivity contribution is 6.20. The van der Waals surface area contributed by atoms with E-state index < -0.39 is 0 Å². The summed E-state index contributed by atoms with van der Waals surface area (Å²) in [6, 6.07) is 4.45. The van der Waals surface area contributed by atoms with E-state index in [9.17, 15) is 0 Å². The Kier molecular flexibility index (Phi) is 2.97. The fourth-order valence-corrected chi connectivity index (χ4v) is 3.94. The number of rotatable bonds is 2. The number of piperidine rings is 3. The molecule has 3 aliphatic heterocycles. The van der Waals surface area contributed by atoms with Crippen LogP contribution in [-0.2, 0) is 0 Å². The topological polar surface area (TPSA) is 34.0 Å². The van der Waals surface area contributed by atoms with Gasteiger partial charge in [0.2, 0.25) is 0 Å². The number of hydrogen-bond donors (Lipinski definition) is 0. The van der Waals surface area contributed by atoms with E-state index in [2.05, 4.69) is 14.5 Å². The van der Waals surface area contributed by atoms with Gasteiger partial charge in [0, 0.05) is 12.7 Å². The van der Waals surface area contributed by atoms with Crippen LogP contribution in [0.2, 0.25) is 0 Å². The molecule has 2 aromatic rings. The van der Waals surface area contributed by atoms with Gasteiger partial charge in [0.05, 0.1) is 11.4 Å². The Morgan fingerprint density at radius 2 is 2.15 bits per heavy atom. The van der Waals surface area contributed by atoms with E-state index in [1.54, 1.807) is 0 Å². The summed E-state index contributed by atoms with van der Waals surface area (Å²) in [6.45, 7) is 5.60. The number of fused-ring (bicyclic) bond motifs is 4. The lowest BCUT2D eigenvalue weighted by Crippen LogP contribution is -2.48. The Balaban J connectivity index is 1.87. The molecule has 0 N–H and O–H groups in total. The largest absolute Gasteiger partial charge is 0.307 e. The van der Waals surface area contributed by atoms with E-state index >= 15 is 0 Å². The number of halogens is 1. The van der Waals surface area contributed by atoms with Gasteiger partial charge in [-0.15, -0.1) is 11.6 Å². The minimum absolute atomic E-state index is 0.0837. The van der Waals surface area contributed by atoms with Crippen LogP contribution in [0.5, 0.6) is 0 Å². The van der Waals surface area contributed by atoms with E-state index in [1.807, 2.05) is 25.3 Å². The molecule has 0 spiro atoms. The maximum atomic E-state index is 6.38. The summed E-state index contributed by atoms with van der Waals surface area (Å²) in [5.41, 5.74) is 1.96. The summed E-state index contributed by atoms with van der Waals surface area (Å²) in [6.07, 6.45) is 4.42. The van der Waals surface area contributed by atoms with Gasteiger partial charge in [-0.25, -0.2) is 9.97 Å². The second-order valence-corrected chi connectivity index (χ2v) is 6.66. The molecule has 0 radical (unpaired) electrons. The second-order valence-electron chi connectivity index (χ2n) is 6.01. The number of aromatic nitrogens is 3. The number of pyridine rings is 1. The number of hydrogen-bond acceptors (Lipinski definition) is 3. The Morgan fingerprint density at radius 3 is 2.80 bits per heavy atom. The predicted octanol–water partition coefficient (Wildman–Crippen LogP) is 3.00. The smallest absolute Gasteiger partial charge is 0.160 e. The van der Waals surface area contributed by atoms with Crippen LogP contribution in [0.4, 0.5) is 0 Å². The van der Waals surface area contributed by atoms with Gasteiger partial charge in [0.15, 0.2) is 5.65 Å². The van der Waals surface area contributed by atoms with E-state index in [1.165, 1.54) is 25.9 Å². The van der Waals surface area contributed by atoms with Crippen LogP contribution in [0.15, 0.2) is 18.3 Å². The first kappa shape index (κ1) is 12.6. The van der Waals surface area contributed by atoms with Crippen molar-refractivity contribution in [1.82, 2.24) is 19.4 Å². The van der Waals surface area contributed by atoms with Crippen LogP contribution in [-0.4, -0.2) is 39.1 Å². The first-order valence-corrected chi connectivity index (χ1v) is 7.87. The summed E-state index contributed by atoms with van der Waals surface area (Å²) in [7, 11) is 0. The van der Waals surface area contributed by atoms with Gasteiger partial charge >= 0.3 is 0 Å². The van der Waals surface area contributed by atoms with Crippen molar-refractivity contribution in [1.29, 1.82) is 0 Å². The average Bonchev–Trinajstić information content (AvgIpc) is 2.88. The molecule has 3 aliphatic rings. The van der Waals surface area contributed by atoms with Crippen molar-refractivity contribution >= 4 is 22.8 Å². The van der Waals surface area contributed by atoms with Crippen LogP contribution in [0.3, 0.4) is 0 Å². The lowest BCUT2D eigenvalue weighted by molar-refractivity contribution is 0.0573. The molecule has 106 valence electrons. The van der Waals surface area contributed by atoms with Crippen LogP contribution >= 0.6 is 11.6 Å². The third kappa shape index (κ3) is 1.85. The standard InChI is InChI=1S/C15H19ClN4/c1-10(16)14-18-12-3-2-6-17-15(12)20(14)13-9-19-7-4-11(13)5-8-19/h2-3,6,10-11,13H,4-5,7-9H2,1H3. The van der Waals surface area contributed by atoms with Gasteiger partial charge in [0.25, 0.3) is 0 Å². The molecule has 4 nitrogen and oxygen atoms in total. The van der Waals surface area contributed by atoms with Gasteiger partial charge in [0.1, 0.15) is 11.3 Å². The van der Waals surface area contributed by atoms with Crippen molar-refractivity contribution in [2.45, 2.75) is 31.2 Å². The average molecular weight is 291 g/mol. The summed E-state index contributed by atoms with van der Waals surface area (Å²) in [4.78, 5) is 11.8. The molecule has 5 heterocycles. The SMILES string of the molecule is CC(Cl)c1nc2cccnc2n1C1CN2CCC1CC2. The van der Waals surface area contributed by atoms with Crippen LogP contribution in [0, 0.1) is 5.92 Å². The van der Waals surface area contributed by atoms with E-state index in [-0.39, 0.29) is 5.38 Å². The van der Waals surface area contributed by atoms with Crippen molar-refractivity contribution in [2.75, 3.05) is 19.6 Å². The molecular formula is C15H19ClN4. The first-order valence-electron chi connectivity index (χ1n) is 7.43. The summed E-state index contributed by atoms with van der Waals surface area (Å²) in [5, 5.41) is -0.0837. The molecule has 3 fully saturated rings. The minimum Gasteiger partial charge on any atom is -0.307 e. The molecular weight excluding hydrogens is 272 g/mol. The van der Waals surface area contributed by atoms with Crippen molar-refractivity contribution in [3.8, 4) is 0 Å². The zero-order valence-corrected chi connectivity index (χ0v) is 12.4. The van der Waals surface area contributed by atoms with Gasteiger partial charge in [-0.05, 0) is 50.9 Å². The fourth-order valence-electron chi connectivity index (χ4n) is 3.78. The monoisotopic (exact) mass is 290 g/mol. The Labute approximate surface area is 123 Å². The molecule has 5 rings (SSSR count). The molecule has 20 heavy (non-hydrogen) atoms. The molecule has 0 aliphatic carbocycles. The van der Waals surface area contributed by atoms with Gasteiger partial charge < -0.3 is 9.47 Å². The molecule has 2 aromatic heterocycles. The molecule has 2 unspecified atom stereocenters.